The van der Waals surface area contributed by atoms with Gasteiger partial charge in [-0.25, -0.2) is 9.66 Å². The molecule has 0 radical (unpaired) electrons. The van der Waals surface area contributed by atoms with Crippen molar-refractivity contribution in [3.63, 3.8) is 0 Å². The molecular formula is C17H17F3N4O2S. The number of nitrogen functional groups attached to an aromatic ring is 1. The van der Waals surface area contributed by atoms with Crippen molar-refractivity contribution >= 4 is 22.8 Å². The zero-order valence-electron chi connectivity index (χ0n) is 14.3. The van der Waals surface area contributed by atoms with Crippen LogP contribution in [-0.4, -0.2) is 32.5 Å². The molecule has 1 aromatic carbocycles. The summed E-state index contributed by atoms with van der Waals surface area (Å²) in [4.78, 5) is 8.66. The van der Waals surface area contributed by atoms with Gasteiger partial charge in [-0.3, -0.25) is 4.98 Å². The van der Waals surface area contributed by atoms with Crippen molar-refractivity contribution in [1.29, 1.82) is 0 Å². The Morgan fingerprint density at radius 3 is 2.78 bits per heavy atom. The van der Waals surface area contributed by atoms with Crippen LogP contribution in [0.1, 0.15) is 16.8 Å². The smallest absolute Gasteiger partial charge is 0.422 e. The van der Waals surface area contributed by atoms with E-state index in [4.69, 9.17) is 10.6 Å². The molecule has 144 valence electrons. The average molecular weight is 398 g/mol. The molecule has 2 aromatic heterocycles. The molecule has 0 atom stereocenters. The summed E-state index contributed by atoms with van der Waals surface area (Å²) in [7, 11) is 0. The fraction of sp³-hybridized carbons (Fsp3) is 0.294. The lowest BCUT2D eigenvalue weighted by Crippen LogP contribution is -2.19. The maximum Gasteiger partial charge on any atom is 0.422 e. The maximum absolute atomic E-state index is 12.4. The number of rotatable bonds is 6. The molecule has 6 nitrogen and oxygen atoms in total. The van der Waals surface area contributed by atoms with E-state index in [9.17, 15) is 18.3 Å². The van der Waals surface area contributed by atoms with Crippen LogP contribution in [-0.2, 0) is 12.4 Å². The van der Waals surface area contributed by atoms with E-state index in [1.54, 1.807) is 25.1 Å². The molecular weight excluding hydrogens is 381 g/mol. The largest absolute Gasteiger partial charge is 0.484 e. The number of nitrogens with zero attached hydrogens (tertiary/aromatic N) is 3. The Balaban J connectivity index is 1.77. The molecule has 2 heterocycles. The van der Waals surface area contributed by atoms with Gasteiger partial charge in [-0.1, -0.05) is 17.8 Å². The molecule has 0 saturated carbocycles. The zero-order chi connectivity index (χ0) is 19.6. The average Bonchev–Trinajstić information content (AvgIpc) is 2.94. The first-order chi connectivity index (χ1) is 12.8. The lowest BCUT2D eigenvalue weighted by Gasteiger charge is -2.13. The van der Waals surface area contributed by atoms with Crippen molar-refractivity contribution in [2.45, 2.75) is 30.6 Å². The minimum Gasteiger partial charge on any atom is -0.484 e. The van der Waals surface area contributed by atoms with Gasteiger partial charge in [-0.2, -0.15) is 13.2 Å². The van der Waals surface area contributed by atoms with E-state index in [1.807, 2.05) is 0 Å². The lowest BCUT2D eigenvalue weighted by atomic mass is 10.2. The number of aromatic nitrogens is 3. The molecule has 3 aromatic rings. The van der Waals surface area contributed by atoms with Crippen LogP contribution in [0, 0.1) is 6.92 Å². The van der Waals surface area contributed by atoms with Crippen molar-refractivity contribution in [2.24, 2.45) is 0 Å². The first kappa shape index (κ1) is 19.3. The summed E-state index contributed by atoms with van der Waals surface area (Å²) in [5, 5.41) is 9.74. The lowest BCUT2D eigenvalue weighted by molar-refractivity contribution is -0.153. The quantitative estimate of drug-likeness (QED) is 0.490. The van der Waals surface area contributed by atoms with E-state index in [2.05, 4.69) is 9.97 Å². The number of aliphatic hydroxyl groups excluding tert-OH is 1. The molecule has 3 N–H and O–H groups in total. The van der Waals surface area contributed by atoms with Crippen molar-refractivity contribution in [3.05, 3.63) is 47.3 Å². The molecule has 0 spiro atoms. The van der Waals surface area contributed by atoms with Crippen LogP contribution < -0.4 is 10.6 Å². The second kappa shape index (κ2) is 7.65. The summed E-state index contributed by atoms with van der Waals surface area (Å²) in [5.74, 6) is 6.57. The number of benzene rings is 1. The number of ether oxygens (including phenoxy) is 1. The fourth-order valence-electron chi connectivity index (χ4n) is 2.48. The molecule has 0 unspecified atom stereocenters. The van der Waals surface area contributed by atoms with Gasteiger partial charge in [-0.15, -0.1) is 0 Å². The summed E-state index contributed by atoms with van der Waals surface area (Å²) in [6, 6.07) is 6.68. The number of hydrogen-bond acceptors (Lipinski definition) is 6. The van der Waals surface area contributed by atoms with Gasteiger partial charge in [0, 0.05) is 17.5 Å². The Morgan fingerprint density at radius 2 is 2.07 bits per heavy atom. The van der Waals surface area contributed by atoms with Gasteiger partial charge < -0.3 is 15.7 Å². The SMILES string of the molecule is Cc1c(OCC(F)(F)F)ccnc1CSc1nc2cc(CO)ccc2n1N. The highest BCUT2D eigenvalue weighted by Crippen LogP contribution is 2.29. The monoisotopic (exact) mass is 398 g/mol. The number of fused-ring (bicyclic) bond motifs is 1. The van der Waals surface area contributed by atoms with Crippen LogP contribution in [0.3, 0.4) is 0 Å². The van der Waals surface area contributed by atoms with Gasteiger partial charge >= 0.3 is 6.18 Å². The highest BCUT2D eigenvalue weighted by atomic mass is 32.2. The first-order valence-corrected chi connectivity index (χ1v) is 8.91. The van der Waals surface area contributed by atoms with Crippen molar-refractivity contribution in [2.75, 3.05) is 12.4 Å². The third-order valence-electron chi connectivity index (χ3n) is 3.89. The molecule has 0 aliphatic rings. The number of hydrogen-bond donors (Lipinski definition) is 2. The van der Waals surface area contributed by atoms with Gasteiger partial charge in [0.15, 0.2) is 11.8 Å². The molecule has 3 rings (SSSR count). The number of imidazole rings is 1. The number of alkyl halides is 3. The summed E-state index contributed by atoms with van der Waals surface area (Å²) in [6.45, 7) is 0.216. The first-order valence-electron chi connectivity index (χ1n) is 7.92. The van der Waals surface area contributed by atoms with Gasteiger partial charge in [0.25, 0.3) is 0 Å². The van der Waals surface area contributed by atoms with Crippen LogP contribution >= 0.6 is 11.8 Å². The van der Waals surface area contributed by atoms with E-state index >= 15 is 0 Å². The highest BCUT2D eigenvalue weighted by molar-refractivity contribution is 7.98. The highest BCUT2D eigenvalue weighted by Gasteiger charge is 2.28. The summed E-state index contributed by atoms with van der Waals surface area (Å²) >= 11 is 1.31. The molecule has 0 bridgehead atoms. The molecule has 10 heteroatoms. The van der Waals surface area contributed by atoms with Gasteiger partial charge in [0.05, 0.1) is 23.3 Å². The molecule has 27 heavy (non-hydrogen) atoms. The van der Waals surface area contributed by atoms with Gasteiger partial charge in [0.1, 0.15) is 5.75 Å². The van der Waals surface area contributed by atoms with Gasteiger partial charge in [-0.05, 0) is 30.7 Å². The Kier molecular flexibility index (Phi) is 5.47. The standard InChI is InChI=1S/C17H17F3N4O2S/c1-10-13(22-5-4-15(10)26-9-17(18,19)20)8-27-16-23-12-6-11(7-25)2-3-14(12)24(16)21/h2-6,25H,7-9,21H2,1H3. The second-order valence-electron chi connectivity index (χ2n) is 5.82. The predicted molar refractivity (Wildman–Crippen MR) is 95.9 cm³/mol. The Labute approximate surface area is 157 Å². The van der Waals surface area contributed by atoms with Crippen molar-refractivity contribution < 1.29 is 23.0 Å². The van der Waals surface area contributed by atoms with Crippen LogP contribution in [0.2, 0.25) is 0 Å². The number of nitrogens with two attached hydrogens (primary N) is 1. The van der Waals surface area contributed by atoms with Crippen molar-refractivity contribution in [3.8, 4) is 5.75 Å². The normalized spacial score (nSPS) is 11.9. The Hall–Kier alpha value is -2.46. The number of halogens is 3. The van der Waals surface area contributed by atoms with E-state index in [0.717, 1.165) is 5.56 Å². The minimum atomic E-state index is -4.40. The van der Waals surface area contributed by atoms with E-state index in [1.165, 1.54) is 28.7 Å². The molecule has 0 aliphatic carbocycles. The predicted octanol–water partition coefficient (Wildman–Crippen LogP) is 3.18. The van der Waals surface area contributed by atoms with Crippen LogP contribution in [0.15, 0.2) is 35.6 Å². The summed E-state index contributed by atoms with van der Waals surface area (Å²) in [5.41, 5.74) is 3.21. The third kappa shape index (κ3) is 4.45. The minimum absolute atomic E-state index is 0.0936. The van der Waals surface area contributed by atoms with Crippen LogP contribution in [0.5, 0.6) is 5.75 Å². The van der Waals surface area contributed by atoms with Crippen LogP contribution in [0.4, 0.5) is 13.2 Å². The van der Waals surface area contributed by atoms with E-state index in [0.29, 0.717) is 33.2 Å². The Bertz CT molecular complexity index is 959. The third-order valence-corrected chi connectivity index (χ3v) is 4.86. The number of pyridine rings is 1. The molecule has 0 amide bonds. The van der Waals surface area contributed by atoms with Crippen LogP contribution in [0.25, 0.3) is 11.0 Å². The molecule has 0 aliphatic heterocycles. The van der Waals surface area contributed by atoms with E-state index < -0.39 is 12.8 Å². The summed E-state index contributed by atoms with van der Waals surface area (Å²) in [6.07, 6.45) is -2.99. The Morgan fingerprint density at radius 1 is 1.30 bits per heavy atom. The molecule has 0 fully saturated rings. The summed E-state index contributed by atoms with van der Waals surface area (Å²) < 4.78 is 43.4. The molecule has 0 saturated heterocycles. The second-order valence-corrected chi connectivity index (χ2v) is 6.76. The number of thioether (sulfide) groups is 1. The zero-order valence-corrected chi connectivity index (χ0v) is 15.1. The maximum atomic E-state index is 12.4. The topological polar surface area (TPSA) is 86.2 Å². The fourth-order valence-corrected chi connectivity index (χ4v) is 3.43. The van der Waals surface area contributed by atoms with E-state index in [-0.39, 0.29) is 12.4 Å². The number of aliphatic hydroxyl groups is 1. The van der Waals surface area contributed by atoms with Crippen molar-refractivity contribution in [1.82, 2.24) is 14.6 Å². The van der Waals surface area contributed by atoms with Gasteiger partial charge in [0.2, 0.25) is 0 Å².